The highest BCUT2D eigenvalue weighted by Gasteiger charge is 2.18. The molecule has 256 valence electrons. The van der Waals surface area contributed by atoms with Gasteiger partial charge in [-0.2, -0.15) is 0 Å². The van der Waals surface area contributed by atoms with Crippen LogP contribution in [0.4, 0.5) is 0 Å². The van der Waals surface area contributed by atoms with Crippen molar-refractivity contribution in [2.75, 3.05) is 0 Å². The zero-order valence-corrected chi connectivity index (χ0v) is 29.6. The van der Waals surface area contributed by atoms with Crippen molar-refractivity contribution in [3.05, 3.63) is 188 Å². The first kappa shape index (κ1) is 31.1. The maximum Gasteiger partial charge on any atom is 0.164 e. The zero-order valence-electron chi connectivity index (χ0n) is 29.6. The summed E-state index contributed by atoms with van der Waals surface area (Å²) in [6.45, 7) is 0. The summed E-state index contributed by atoms with van der Waals surface area (Å²) in [6.07, 6.45) is 0. The van der Waals surface area contributed by atoms with Crippen molar-refractivity contribution in [1.29, 1.82) is 0 Å². The maximum absolute atomic E-state index is 6.52. The number of aromatic nitrogens is 3. The summed E-state index contributed by atoms with van der Waals surface area (Å²) in [5.41, 5.74) is 8.84. The number of nitrogens with zero attached hydrogens (tertiary/aromatic N) is 3. The van der Waals surface area contributed by atoms with Gasteiger partial charge in [0.15, 0.2) is 17.5 Å². The molecule has 0 N–H and O–H groups in total. The summed E-state index contributed by atoms with van der Waals surface area (Å²) in [6, 6.07) is 65.8. The molecule has 0 fully saturated rings. The smallest absolute Gasteiger partial charge is 0.164 e. The second-order valence-corrected chi connectivity index (χ2v) is 14.0. The highest BCUT2D eigenvalue weighted by Crippen LogP contribution is 2.39. The van der Waals surface area contributed by atoms with Gasteiger partial charge in [0.1, 0.15) is 11.2 Å². The van der Waals surface area contributed by atoms with E-state index in [2.05, 4.69) is 146 Å². The van der Waals surface area contributed by atoms with E-state index in [1.807, 2.05) is 42.5 Å². The lowest BCUT2D eigenvalue weighted by atomic mass is 9.92. The summed E-state index contributed by atoms with van der Waals surface area (Å²) in [5, 5.41) is 9.73. The lowest BCUT2D eigenvalue weighted by Gasteiger charge is -2.12. The van der Waals surface area contributed by atoms with E-state index < -0.39 is 0 Å². The van der Waals surface area contributed by atoms with Crippen molar-refractivity contribution in [2.45, 2.75) is 0 Å². The molecule has 0 atom stereocenters. The topological polar surface area (TPSA) is 51.8 Å². The van der Waals surface area contributed by atoms with Crippen molar-refractivity contribution in [3.8, 4) is 56.4 Å². The second kappa shape index (κ2) is 12.6. The minimum atomic E-state index is 0.589. The first-order valence-electron chi connectivity index (χ1n) is 18.5. The Balaban J connectivity index is 1.03. The van der Waals surface area contributed by atoms with Crippen LogP contribution in [-0.2, 0) is 0 Å². The maximum atomic E-state index is 6.52. The molecule has 55 heavy (non-hydrogen) atoms. The molecule has 0 bridgehead atoms. The molecule has 0 radical (unpaired) electrons. The van der Waals surface area contributed by atoms with Crippen LogP contribution >= 0.6 is 0 Å². The summed E-state index contributed by atoms with van der Waals surface area (Å²) in [4.78, 5) is 15.1. The first-order chi connectivity index (χ1) is 27.2. The molecule has 0 unspecified atom stereocenters. The van der Waals surface area contributed by atoms with Crippen molar-refractivity contribution in [2.24, 2.45) is 0 Å². The Bertz CT molecular complexity index is 3220. The Morgan fingerprint density at radius 1 is 0.255 bits per heavy atom. The van der Waals surface area contributed by atoms with E-state index in [0.29, 0.717) is 17.5 Å². The molecular weight excluding hydrogens is 671 g/mol. The van der Waals surface area contributed by atoms with E-state index in [1.54, 1.807) is 0 Å². The average Bonchev–Trinajstić information content (AvgIpc) is 3.64. The van der Waals surface area contributed by atoms with Crippen LogP contribution in [0.25, 0.3) is 111 Å². The van der Waals surface area contributed by atoms with E-state index >= 15 is 0 Å². The Morgan fingerprint density at radius 3 is 1.42 bits per heavy atom. The summed E-state index contributed by atoms with van der Waals surface area (Å²) in [7, 11) is 0. The van der Waals surface area contributed by atoms with Crippen LogP contribution in [0.15, 0.2) is 192 Å². The van der Waals surface area contributed by atoms with Gasteiger partial charge in [0.05, 0.1) is 0 Å². The van der Waals surface area contributed by atoms with Gasteiger partial charge in [0, 0.05) is 27.5 Å². The van der Waals surface area contributed by atoms with Gasteiger partial charge in [-0.25, -0.2) is 15.0 Å². The molecule has 4 nitrogen and oxygen atoms in total. The fraction of sp³-hybridized carbons (Fsp3) is 0. The van der Waals surface area contributed by atoms with Crippen LogP contribution < -0.4 is 0 Å². The quantitative estimate of drug-likeness (QED) is 0.168. The molecule has 0 aliphatic rings. The third-order valence-corrected chi connectivity index (χ3v) is 10.7. The van der Waals surface area contributed by atoms with Crippen LogP contribution in [-0.4, -0.2) is 15.0 Å². The van der Waals surface area contributed by atoms with E-state index in [-0.39, 0.29) is 0 Å². The van der Waals surface area contributed by atoms with Crippen molar-refractivity contribution < 1.29 is 4.42 Å². The largest absolute Gasteiger partial charge is 0.456 e. The molecule has 0 aliphatic carbocycles. The molecule has 0 saturated carbocycles. The van der Waals surface area contributed by atoms with Gasteiger partial charge < -0.3 is 4.42 Å². The Labute approximate surface area is 317 Å². The highest BCUT2D eigenvalue weighted by atomic mass is 16.3. The average molecular weight is 702 g/mol. The Kier molecular flexibility index (Phi) is 7.14. The molecule has 11 rings (SSSR count). The number of hydrogen-bond acceptors (Lipinski definition) is 4. The van der Waals surface area contributed by atoms with Gasteiger partial charge in [-0.15, -0.1) is 0 Å². The Hall–Kier alpha value is -7.43. The third kappa shape index (κ3) is 5.26. The van der Waals surface area contributed by atoms with Crippen molar-refractivity contribution in [1.82, 2.24) is 15.0 Å². The molecule has 11 aromatic rings. The van der Waals surface area contributed by atoms with Crippen LogP contribution in [0.2, 0.25) is 0 Å². The number of rotatable bonds is 5. The molecule has 4 heteroatoms. The molecule has 0 aliphatic heterocycles. The van der Waals surface area contributed by atoms with E-state index in [9.17, 15) is 0 Å². The lowest BCUT2D eigenvalue weighted by Crippen LogP contribution is -2.01. The summed E-state index contributed by atoms with van der Waals surface area (Å²) in [5.74, 6) is 1.83. The predicted molar refractivity (Wildman–Crippen MR) is 227 cm³/mol. The van der Waals surface area contributed by atoms with E-state index in [4.69, 9.17) is 19.4 Å². The molecule has 0 amide bonds. The summed E-state index contributed by atoms with van der Waals surface area (Å²) >= 11 is 0. The number of hydrogen-bond donors (Lipinski definition) is 0. The number of fused-ring (bicyclic) bond motifs is 9. The van der Waals surface area contributed by atoms with Crippen molar-refractivity contribution >= 4 is 54.3 Å². The molecule has 0 spiro atoms. The van der Waals surface area contributed by atoms with Gasteiger partial charge >= 0.3 is 0 Å². The SMILES string of the molecule is c1ccc(-c2nc(-c3ccc4c(c3)oc3ccc(-c5ccc6c7ccccc7c7ccccc7c6c5)cc34)nc(-c3ccccc3-c3ccccc3)n2)cc1. The molecule has 9 aromatic carbocycles. The van der Waals surface area contributed by atoms with Crippen LogP contribution in [0.3, 0.4) is 0 Å². The van der Waals surface area contributed by atoms with E-state index in [1.165, 1.54) is 37.9 Å². The fourth-order valence-electron chi connectivity index (χ4n) is 8.07. The first-order valence-corrected chi connectivity index (χ1v) is 18.5. The fourth-order valence-corrected chi connectivity index (χ4v) is 8.07. The second-order valence-electron chi connectivity index (χ2n) is 14.0. The molecule has 2 heterocycles. The van der Waals surface area contributed by atoms with Gasteiger partial charge in [0.2, 0.25) is 0 Å². The van der Waals surface area contributed by atoms with Gasteiger partial charge in [-0.05, 0) is 84.9 Å². The van der Waals surface area contributed by atoms with Crippen LogP contribution in [0, 0.1) is 0 Å². The minimum absolute atomic E-state index is 0.589. The third-order valence-electron chi connectivity index (χ3n) is 10.7. The van der Waals surface area contributed by atoms with Gasteiger partial charge in [0.25, 0.3) is 0 Å². The predicted octanol–water partition coefficient (Wildman–Crippen LogP) is 13.6. The Morgan fingerprint density at radius 2 is 0.727 bits per heavy atom. The standard InChI is InChI=1S/C51H31N3O/c1-3-13-32(14-4-1)37-17-7-12-22-44(37)51-53-49(33-15-5-2-6-16-33)52-50(54-51)36-24-27-43-46-30-35(25-28-47(46)55-48(43)31-36)34-23-26-42-40-20-9-8-18-38(40)39-19-10-11-21-41(39)45(42)29-34/h1-31H. The van der Waals surface area contributed by atoms with Crippen LogP contribution in [0.1, 0.15) is 0 Å². The molecule has 0 saturated heterocycles. The highest BCUT2D eigenvalue weighted by molar-refractivity contribution is 6.25. The molecular formula is C51H31N3O. The van der Waals surface area contributed by atoms with E-state index in [0.717, 1.165) is 55.3 Å². The number of furan rings is 1. The monoisotopic (exact) mass is 701 g/mol. The summed E-state index contributed by atoms with van der Waals surface area (Å²) < 4.78 is 6.52. The number of benzene rings is 9. The molecule has 2 aromatic heterocycles. The van der Waals surface area contributed by atoms with Gasteiger partial charge in [-0.3, -0.25) is 0 Å². The van der Waals surface area contributed by atoms with Gasteiger partial charge in [-0.1, -0.05) is 158 Å². The van der Waals surface area contributed by atoms with Crippen LogP contribution in [0.5, 0.6) is 0 Å². The minimum Gasteiger partial charge on any atom is -0.456 e. The lowest BCUT2D eigenvalue weighted by molar-refractivity contribution is 0.669. The zero-order chi connectivity index (χ0) is 36.3. The van der Waals surface area contributed by atoms with Crippen molar-refractivity contribution in [3.63, 3.8) is 0 Å². The normalized spacial score (nSPS) is 11.6.